The molecule has 0 radical (unpaired) electrons. The molecule has 0 spiro atoms. The highest BCUT2D eigenvalue weighted by Gasteiger charge is 2.18. The first kappa shape index (κ1) is 15.0. The van der Waals surface area contributed by atoms with Gasteiger partial charge < -0.3 is 5.73 Å². The van der Waals surface area contributed by atoms with Gasteiger partial charge in [0.1, 0.15) is 10.7 Å². The van der Waals surface area contributed by atoms with Gasteiger partial charge in [-0.1, -0.05) is 24.0 Å². The summed E-state index contributed by atoms with van der Waals surface area (Å²) in [4.78, 5) is 4.06. The van der Waals surface area contributed by atoms with E-state index < -0.39 is 10.0 Å². The third kappa shape index (κ3) is 3.81. The Labute approximate surface area is 124 Å². The van der Waals surface area contributed by atoms with Crippen molar-refractivity contribution in [2.45, 2.75) is 11.8 Å². The van der Waals surface area contributed by atoms with Crippen LogP contribution < -0.4 is 10.5 Å². The second-order valence-corrected chi connectivity index (χ2v) is 5.98. The number of rotatable bonds is 3. The van der Waals surface area contributed by atoms with E-state index >= 15 is 0 Å². The Bertz CT molecular complexity index is 791. The van der Waals surface area contributed by atoms with E-state index in [9.17, 15) is 8.42 Å². The fraction of sp³-hybridized carbons (Fsp3) is 0.133. The number of aryl methyl sites for hydroxylation is 1. The van der Waals surface area contributed by atoms with E-state index in [1.807, 2.05) is 6.92 Å². The number of nitrogens with zero attached hydrogens (tertiary/aromatic N) is 1. The van der Waals surface area contributed by atoms with Crippen LogP contribution in [0.2, 0.25) is 0 Å². The van der Waals surface area contributed by atoms with Crippen LogP contribution >= 0.6 is 0 Å². The first-order chi connectivity index (χ1) is 10.0. The SMILES string of the molecule is Cc1ccc(S(=O)(=O)Nc2ccccn2)c(C#CCN)c1. The number of nitrogens with one attached hydrogen (secondary N) is 1. The van der Waals surface area contributed by atoms with Crippen LogP contribution in [0.25, 0.3) is 0 Å². The molecule has 2 rings (SSSR count). The normalized spacial score (nSPS) is 10.6. The predicted octanol–water partition coefficient (Wildman–Crippen LogP) is 1.50. The van der Waals surface area contributed by atoms with Gasteiger partial charge in [0.25, 0.3) is 10.0 Å². The summed E-state index contributed by atoms with van der Waals surface area (Å²) in [5, 5.41) is 0. The number of aromatic nitrogens is 1. The van der Waals surface area contributed by atoms with Gasteiger partial charge in [-0.15, -0.1) is 0 Å². The molecule has 2 aromatic rings. The van der Waals surface area contributed by atoms with Crippen LogP contribution in [0.3, 0.4) is 0 Å². The maximum atomic E-state index is 12.4. The van der Waals surface area contributed by atoms with Crippen molar-refractivity contribution in [1.82, 2.24) is 4.98 Å². The monoisotopic (exact) mass is 301 g/mol. The Morgan fingerprint density at radius 1 is 1.29 bits per heavy atom. The van der Waals surface area contributed by atoms with Gasteiger partial charge >= 0.3 is 0 Å². The Balaban J connectivity index is 2.45. The summed E-state index contributed by atoms with van der Waals surface area (Å²) < 4.78 is 27.3. The lowest BCUT2D eigenvalue weighted by Gasteiger charge is -2.09. The third-order valence-corrected chi connectivity index (χ3v) is 4.07. The lowest BCUT2D eigenvalue weighted by atomic mass is 10.1. The Kier molecular flexibility index (Phi) is 4.58. The predicted molar refractivity (Wildman–Crippen MR) is 82.2 cm³/mol. The van der Waals surface area contributed by atoms with E-state index in [0.29, 0.717) is 5.56 Å². The summed E-state index contributed by atoms with van der Waals surface area (Å²) >= 11 is 0. The molecule has 6 heteroatoms. The van der Waals surface area contributed by atoms with E-state index in [1.54, 1.807) is 30.3 Å². The number of hydrogen-bond donors (Lipinski definition) is 2. The Morgan fingerprint density at radius 3 is 2.76 bits per heavy atom. The van der Waals surface area contributed by atoms with Crippen molar-refractivity contribution in [3.63, 3.8) is 0 Å². The van der Waals surface area contributed by atoms with Crippen LogP contribution in [0.15, 0.2) is 47.5 Å². The van der Waals surface area contributed by atoms with Crippen LogP contribution in [-0.2, 0) is 10.0 Å². The molecule has 1 aromatic heterocycles. The molecular formula is C15H15N3O2S. The lowest BCUT2D eigenvalue weighted by Crippen LogP contribution is -2.15. The number of anilines is 1. The van der Waals surface area contributed by atoms with Crippen molar-refractivity contribution < 1.29 is 8.42 Å². The highest BCUT2D eigenvalue weighted by molar-refractivity contribution is 7.92. The molecule has 0 aliphatic carbocycles. The number of hydrogen-bond acceptors (Lipinski definition) is 4. The van der Waals surface area contributed by atoms with Gasteiger partial charge in [-0.3, -0.25) is 4.72 Å². The molecule has 0 amide bonds. The highest BCUT2D eigenvalue weighted by Crippen LogP contribution is 2.19. The molecule has 0 aliphatic heterocycles. The lowest BCUT2D eigenvalue weighted by molar-refractivity contribution is 0.601. The maximum absolute atomic E-state index is 12.4. The topological polar surface area (TPSA) is 85.1 Å². The van der Waals surface area contributed by atoms with Gasteiger partial charge in [-0.05, 0) is 36.8 Å². The summed E-state index contributed by atoms with van der Waals surface area (Å²) in [7, 11) is -3.75. The summed E-state index contributed by atoms with van der Waals surface area (Å²) in [6, 6.07) is 9.96. The van der Waals surface area contributed by atoms with Gasteiger partial charge in [0.05, 0.1) is 6.54 Å². The minimum absolute atomic E-state index is 0.111. The quantitative estimate of drug-likeness (QED) is 0.841. The van der Waals surface area contributed by atoms with Gasteiger partial charge in [0.2, 0.25) is 0 Å². The minimum Gasteiger partial charge on any atom is -0.320 e. The largest absolute Gasteiger partial charge is 0.320 e. The van der Waals surface area contributed by atoms with Crippen molar-refractivity contribution >= 4 is 15.8 Å². The van der Waals surface area contributed by atoms with Crippen LogP contribution in [0.4, 0.5) is 5.82 Å². The van der Waals surface area contributed by atoms with Crippen LogP contribution in [-0.4, -0.2) is 19.9 Å². The second-order valence-electron chi connectivity index (χ2n) is 4.33. The summed E-state index contributed by atoms with van der Waals surface area (Å²) in [5.41, 5.74) is 6.69. The van der Waals surface area contributed by atoms with Crippen LogP contribution in [0.1, 0.15) is 11.1 Å². The average molecular weight is 301 g/mol. The fourth-order valence-corrected chi connectivity index (χ4v) is 2.89. The maximum Gasteiger partial charge on any atom is 0.264 e. The number of benzene rings is 1. The van der Waals surface area contributed by atoms with Gasteiger partial charge in [0, 0.05) is 11.8 Å². The minimum atomic E-state index is -3.75. The van der Waals surface area contributed by atoms with E-state index in [4.69, 9.17) is 5.73 Å². The van der Waals surface area contributed by atoms with Crippen molar-refractivity contribution in [3.05, 3.63) is 53.7 Å². The molecule has 0 atom stereocenters. The zero-order valence-electron chi connectivity index (χ0n) is 11.5. The first-order valence-electron chi connectivity index (χ1n) is 6.26. The first-order valence-corrected chi connectivity index (χ1v) is 7.75. The van der Waals surface area contributed by atoms with Crippen LogP contribution in [0.5, 0.6) is 0 Å². The Hall–Kier alpha value is -2.36. The molecule has 0 saturated carbocycles. The van der Waals surface area contributed by atoms with Gasteiger partial charge in [-0.2, -0.15) is 0 Å². The number of sulfonamides is 1. The van der Waals surface area contributed by atoms with E-state index in [2.05, 4.69) is 21.5 Å². The molecule has 1 aromatic carbocycles. The molecule has 108 valence electrons. The van der Waals surface area contributed by atoms with E-state index in [-0.39, 0.29) is 17.3 Å². The number of pyridine rings is 1. The van der Waals surface area contributed by atoms with Crippen LogP contribution in [0, 0.1) is 18.8 Å². The standard InChI is InChI=1S/C15H15N3O2S/c1-12-7-8-14(13(11-12)5-4-9-16)21(19,20)18-15-6-2-3-10-17-15/h2-3,6-8,10-11H,9,16H2,1H3,(H,17,18). The molecule has 0 unspecified atom stereocenters. The highest BCUT2D eigenvalue weighted by atomic mass is 32.2. The smallest absolute Gasteiger partial charge is 0.264 e. The van der Waals surface area contributed by atoms with Crippen molar-refractivity contribution in [2.75, 3.05) is 11.3 Å². The van der Waals surface area contributed by atoms with Gasteiger partial charge in [0.15, 0.2) is 0 Å². The van der Waals surface area contributed by atoms with E-state index in [0.717, 1.165) is 5.56 Å². The molecule has 0 aliphatic rings. The molecular weight excluding hydrogens is 286 g/mol. The zero-order chi connectivity index (χ0) is 15.3. The van der Waals surface area contributed by atoms with E-state index in [1.165, 1.54) is 12.3 Å². The Morgan fingerprint density at radius 2 is 2.10 bits per heavy atom. The molecule has 0 saturated heterocycles. The molecule has 21 heavy (non-hydrogen) atoms. The van der Waals surface area contributed by atoms with Gasteiger partial charge in [-0.25, -0.2) is 13.4 Å². The average Bonchev–Trinajstić information content (AvgIpc) is 2.45. The summed E-state index contributed by atoms with van der Waals surface area (Å²) in [5.74, 6) is 5.73. The molecule has 3 N–H and O–H groups in total. The number of nitrogens with two attached hydrogens (primary N) is 1. The van der Waals surface area contributed by atoms with Crippen molar-refractivity contribution in [3.8, 4) is 11.8 Å². The molecule has 1 heterocycles. The molecule has 0 fully saturated rings. The fourth-order valence-electron chi connectivity index (χ4n) is 1.74. The zero-order valence-corrected chi connectivity index (χ0v) is 12.3. The van der Waals surface area contributed by atoms with Crippen molar-refractivity contribution in [2.24, 2.45) is 5.73 Å². The molecule has 5 nitrogen and oxygen atoms in total. The summed E-state index contributed by atoms with van der Waals surface area (Å²) in [6.45, 7) is 2.04. The molecule has 0 bridgehead atoms. The third-order valence-electron chi connectivity index (χ3n) is 2.65. The second kappa shape index (κ2) is 6.39. The summed E-state index contributed by atoms with van der Waals surface area (Å²) in [6.07, 6.45) is 1.52. The van der Waals surface area contributed by atoms with Crippen molar-refractivity contribution in [1.29, 1.82) is 0 Å².